The maximum absolute atomic E-state index is 13.5. The average Bonchev–Trinajstić information content (AvgIpc) is 3.13. The van der Waals surface area contributed by atoms with Gasteiger partial charge in [0.25, 0.3) is 0 Å². The number of nitrogens with zero attached hydrogens (tertiary/aromatic N) is 1. The molecule has 2 N–H and O–H groups in total. The first kappa shape index (κ1) is 21.8. The van der Waals surface area contributed by atoms with Crippen LogP contribution in [0, 0.1) is 6.07 Å². The van der Waals surface area contributed by atoms with E-state index in [9.17, 15) is 18.0 Å². The molecule has 0 saturated carbocycles. The number of aromatic nitrogens is 1. The Bertz CT molecular complexity index is 1520. The summed E-state index contributed by atoms with van der Waals surface area (Å²) < 4.78 is 42.4. The van der Waals surface area contributed by atoms with Crippen LogP contribution >= 0.6 is 0 Å². The second kappa shape index (κ2) is 8.37. The van der Waals surface area contributed by atoms with Crippen molar-refractivity contribution in [3.63, 3.8) is 0 Å². The Morgan fingerprint density at radius 3 is 2.29 bits per heavy atom. The van der Waals surface area contributed by atoms with Gasteiger partial charge in [0.05, 0.1) is 16.6 Å². The first-order valence-electron chi connectivity index (χ1n) is 10.8. The maximum atomic E-state index is 13.5. The third-order valence-corrected chi connectivity index (χ3v) is 6.07. The van der Waals surface area contributed by atoms with Crippen LogP contribution in [0.3, 0.4) is 0 Å². The van der Waals surface area contributed by atoms with Crippen molar-refractivity contribution >= 4 is 27.7 Å². The highest BCUT2D eigenvalue weighted by Crippen LogP contribution is 2.37. The van der Waals surface area contributed by atoms with Gasteiger partial charge < -0.3 is 10.3 Å². The number of hydrogen-bond acceptors (Lipinski definition) is 1. The summed E-state index contributed by atoms with van der Waals surface area (Å²) in [5.41, 5.74) is 9.25. The summed E-state index contributed by atoms with van der Waals surface area (Å²) in [6.07, 6.45) is -3.82. The summed E-state index contributed by atoms with van der Waals surface area (Å²) in [7, 11) is 0. The van der Waals surface area contributed by atoms with Crippen molar-refractivity contribution < 1.29 is 18.0 Å². The van der Waals surface area contributed by atoms with Gasteiger partial charge in [-0.1, -0.05) is 60.7 Å². The van der Waals surface area contributed by atoms with E-state index in [0.29, 0.717) is 34.8 Å². The standard InChI is InChI=1S/C28H20F3N2O/c29-28(30,31)21-13-14-22-25(16-21)33(24-12-6-11-23(26(22)24)27(32)34)17-20-10-5-4-9-19(20)15-18-7-2-1-3-8-18/h1-13,16H,15,17H2,(H2,32,34). The molecule has 6 heteroatoms. The highest BCUT2D eigenvalue weighted by molar-refractivity contribution is 6.17. The molecule has 0 aliphatic heterocycles. The molecule has 0 fully saturated rings. The summed E-state index contributed by atoms with van der Waals surface area (Å²) in [5.74, 6) is -0.637. The van der Waals surface area contributed by atoms with Gasteiger partial charge in [0.15, 0.2) is 0 Å². The van der Waals surface area contributed by atoms with Gasteiger partial charge in [0.1, 0.15) is 0 Å². The van der Waals surface area contributed by atoms with Crippen LogP contribution in [0.2, 0.25) is 0 Å². The third kappa shape index (κ3) is 3.92. The Balaban J connectivity index is 1.72. The first-order chi connectivity index (χ1) is 16.3. The van der Waals surface area contributed by atoms with E-state index in [1.54, 1.807) is 18.2 Å². The van der Waals surface area contributed by atoms with Gasteiger partial charge in [-0.25, -0.2) is 0 Å². The highest BCUT2D eigenvalue weighted by atomic mass is 19.4. The van der Waals surface area contributed by atoms with E-state index in [1.165, 1.54) is 0 Å². The summed E-state index contributed by atoms with van der Waals surface area (Å²) in [5, 5.41) is 0.956. The van der Waals surface area contributed by atoms with Crippen LogP contribution in [0.4, 0.5) is 13.2 Å². The predicted octanol–water partition coefficient (Wildman–Crippen LogP) is 6.35. The quantitative estimate of drug-likeness (QED) is 0.328. The number of carbonyl (C=O) groups excluding carboxylic acids is 1. The molecule has 1 radical (unpaired) electrons. The second-order valence-corrected chi connectivity index (χ2v) is 8.23. The molecule has 1 aromatic heterocycles. The van der Waals surface area contributed by atoms with E-state index in [1.807, 2.05) is 59.2 Å². The number of nitrogens with two attached hydrogens (primary N) is 1. The molecule has 0 saturated heterocycles. The Morgan fingerprint density at radius 1 is 0.882 bits per heavy atom. The molecular formula is C28H20F3N2O. The van der Waals surface area contributed by atoms with Gasteiger partial charge in [0, 0.05) is 22.9 Å². The van der Waals surface area contributed by atoms with Crippen molar-refractivity contribution in [1.82, 2.24) is 4.57 Å². The zero-order chi connectivity index (χ0) is 23.9. The van der Waals surface area contributed by atoms with Gasteiger partial charge in [-0.2, -0.15) is 13.2 Å². The average molecular weight is 457 g/mol. The molecule has 5 rings (SSSR count). The minimum absolute atomic E-state index is 0.259. The number of carbonyl (C=O) groups is 1. The maximum Gasteiger partial charge on any atom is 0.416 e. The van der Waals surface area contributed by atoms with Crippen molar-refractivity contribution in [2.24, 2.45) is 5.73 Å². The number of amides is 1. The van der Waals surface area contributed by atoms with Crippen LogP contribution in [0.1, 0.15) is 32.6 Å². The monoisotopic (exact) mass is 457 g/mol. The number of benzene rings is 4. The number of hydrogen-bond donors (Lipinski definition) is 1. The van der Waals surface area contributed by atoms with E-state index >= 15 is 0 Å². The summed E-state index contributed by atoms with van der Waals surface area (Å²) in [6.45, 7) is 0.334. The summed E-state index contributed by atoms with van der Waals surface area (Å²) in [4.78, 5) is 12.1. The molecule has 0 unspecified atom stereocenters. The molecule has 34 heavy (non-hydrogen) atoms. The van der Waals surface area contributed by atoms with Crippen LogP contribution in [0.5, 0.6) is 0 Å². The third-order valence-electron chi connectivity index (χ3n) is 6.07. The summed E-state index contributed by atoms with van der Waals surface area (Å²) in [6, 6.07) is 27.8. The lowest BCUT2D eigenvalue weighted by molar-refractivity contribution is -0.137. The lowest BCUT2D eigenvalue weighted by Crippen LogP contribution is -2.11. The lowest BCUT2D eigenvalue weighted by atomic mass is 9.99. The molecule has 0 atom stereocenters. The molecule has 1 heterocycles. The molecule has 5 aromatic rings. The fraction of sp³-hybridized carbons (Fsp3) is 0.107. The molecule has 0 bridgehead atoms. The Kier molecular flexibility index (Phi) is 5.36. The van der Waals surface area contributed by atoms with Crippen molar-refractivity contribution in [2.45, 2.75) is 19.1 Å². The Morgan fingerprint density at radius 2 is 1.59 bits per heavy atom. The van der Waals surface area contributed by atoms with Crippen molar-refractivity contribution in [3.8, 4) is 0 Å². The largest absolute Gasteiger partial charge is 0.416 e. The van der Waals surface area contributed by atoms with Crippen molar-refractivity contribution in [1.29, 1.82) is 0 Å². The Labute approximate surface area is 194 Å². The number of fused-ring (bicyclic) bond motifs is 3. The molecule has 3 nitrogen and oxygen atoms in total. The fourth-order valence-corrected chi connectivity index (χ4v) is 4.47. The SMILES string of the molecule is NC(=O)c1cccc2c1c1[c]cc(C(F)(F)F)cc1n2Cc1ccccc1Cc1ccccc1. The zero-order valence-electron chi connectivity index (χ0n) is 18.1. The molecule has 0 spiro atoms. The molecule has 1 amide bonds. The van der Waals surface area contributed by atoms with Crippen LogP contribution < -0.4 is 5.73 Å². The normalized spacial score (nSPS) is 11.9. The number of alkyl halides is 3. The predicted molar refractivity (Wildman–Crippen MR) is 127 cm³/mol. The van der Waals surface area contributed by atoms with E-state index in [0.717, 1.165) is 28.8 Å². The smallest absolute Gasteiger partial charge is 0.366 e. The van der Waals surface area contributed by atoms with Crippen LogP contribution in [-0.4, -0.2) is 10.5 Å². The molecule has 4 aromatic carbocycles. The highest BCUT2D eigenvalue weighted by Gasteiger charge is 2.31. The van der Waals surface area contributed by atoms with E-state index < -0.39 is 17.6 Å². The number of halogens is 3. The first-order valence-corrected chi connectivity index (χ1v) is 10.8. The second-order valence-electron chi connectivity index (χ2n) is 8.23. The molecule has 0 aliphatic carbocycles. The van der Waals surface area contributed by atoms with Gasteiger partial charge in [-0.05, 0) is 53.4 Å². The topological polar surface area (TPSA) is 48.0 Å². The molecule has 0 aliphatic rings. The van der Waals surface area contributed by atoms with Gasteiger partial charge in [-0.3, -0.25) is 4.79 Å². The Hall–Kier alpha value is -4.06. The van der Waals surface area contributed by atoms with Crippen LogP contribution in [-0.2, 0) is 19.1 Å². The van der Waals surface area contributed by atoms with Gasteiger partial charge in [-0.15, -0.1) is 0 Å². The van der Waals surface area contributed by atoms with E-state index in [2.05, 4.69) is 6.07 Å². The van der Waals surface area contributed by atoms with E-state index in [-0.39, 0.29) is 5.56 Å². The summed E-state index contributed by atoms with van der Waals surface area (Å²) >= 11 is 0. The zero-order valence-corrected chi connectivity index (χ0v) is 18.1. The van der Waals surface area contributed by atoms with Gasteiger partial charge in [0.2, 0.25) is 5.91 Å². The van der Waals surface area contributed by atoms with E-state index in [4.69, 9.17) is 5.73 Å². The van der Waals surface area contributed by atoms with Gasteiger partial charge >= 0.3 is 6.18 Å². The number of primary amides is 1. The van der Waals surface area contributed by atoms with Crippen LogP contribution in [0.15, 0.2) is 84.9 Å². The molecular weight excluding hydrogens is 437 g/mol. The minimum atomic E-state index is -4.51. The minimum Gasteiger partial charge on any atom is -0.366 e. The molecule has 169 valence electrons. The lowest BCUT2D eigenvalue weighted by Gasteiger charge is -2.14. The van der Waals surface area contributed by atoms with Crippen molar-refractivity contribution in [2.75, 3.05) is 0 Å². The fourth-order valence-electron chi connectivity index (χ4n) is 4.47. The number of rotatable bonds is 5. The van der Waals surface area contributed by atoms with Crippen LogP contribution in [0.25, 0.3) is 21.8 Å². The van der Waals surface area contributed by atoms with Crippen molar-refractivity contribution in [3.05, 3.63) is 119 Å².